The van der Waals surface area contributed by atoms with E-state index in [-0.39, 0.29) is 29.9 Å². The van der Waals surface area contributed by atoms with E-state index in [0.29, 0.717) is 11.4 Å². The molecule has 0 saturated heterocycles. The minimum absolute atomic E-state index is 0.0982. The Kier molecular flexibility index (Phi) is 13.0. The molecule has 1 aromatic heterocycles. The van der Waals surface area contributed by atoms with Crippen LogP contribution in [-0.4, -0.2) is 87.1 Å². The Morgan fingerprint density at radius 1 is 1.07 bits per heavy atom. The number of hydrogen-bond acceptors (Lipinski definition) is 9. The lowest BCUT2D eigenvalue weighted by molar-refractivity contribution is -0.149. The van der Waals surface area contributed by atoms with Gasteiger partial charge in [-0.15, -0.1) is 11.3 Å². The summed E-state index contributed by atoms with van der Waals surface area (Å²) in [4.78, 5) is 70.4. The largest absolute Gasteiger partial charge is 0.476 e. The van der Waals surface area contributed by atoms with E-state index in [9.17, 15) is 29.1 Å². The van der Waals surface area contributed by atoms with E-state index in [1.165, 1.54) is 29.2 Å². The first-order chi connectivity index (χ1) is 19.1. The molecule has 42 heavy (non-hydrogen) atoms. The number of carboxylic acids is 1. The van der Waals surface area contributed by atoms with Gasteiger partial charge in [0.2, 0.25) is 11.8 Å². The number of aromatic nitrogens is 1. The molecule has 0 aliphatic carbocycles. The van der Waals surface area contributed by atoms with Crippen LogP contribution in [0.15, 0.2) is 5.38 Å². The van der Waals surface area contributed by atoms with E-state index in [1.807, 2.05) is 27.7 Å². The number of carboxylic acid groups (broad SMARTS) is 1. The van der Waals surface area contributed by atoms with Crippen molar-refractivity contribution in [1.82, 2.24) is 20.1 Å². The van der Waals surface area contributed by atoms with Crippen molar-refractivity contribution >= 4 is 41.2 Å². The van der Waals surface area contributed by atoms with Crippen LogP contribution in [-0.2, 0) is 23.9 Å². The van der Waals surface area contributed by atoms with Gasteiger partial charge in [0.1, 0.15) is 22.2 Å². The van der Waals surface area contributed by atoms with Crippen molar-refractivity contribution in [2.24, 2.45) is 11.8 Å². The molecule has 13 heteroatoms. The quantitative estimate of drug-likeness (QED) is 0.306. The second-order valence-electron chi connectivity index (χ2n) is 12.4. The molecular weight excluding hydrogens is 564 g/mol. The molecule has 0 unspecified atom stereocenters. The van der Waals surface area contributed by atoms with Gasteiger partial charge in [-0.3, -0.25) is 19.3 Å². The molecule has 1 rings (SSSR count). The third kappa shape index (κ3) is 9.95. The number of ether oxygens (including phenoxy) is 2. The number of rotatable bonds is 13. The van der Waals surface area contributed by atoms with Gasteiger partial charge in [0, 0.05) is 38.9 Å². The van der Waals surface area contributed by atoms with E-state index in [2.05, 4.69) is 10.3 Å². The van der Waals surface area contributed by atoms with Gasteiger partial charge in [0.15, 0.2) is 11.8 Å². The standard InChI is InChI=1S/C29H48N4O8S/c1-13-17(4)22(31-26(38)29(9,10)33(12)27(39)41-28(6,7)8)24(35)32(11)20(16(2)3)14-21(40-18(5)34)23-30-19(15-42-23)25(36)37/h15-17,20-22H,13-14H2,1-12H3,(H,31,38)(H,36,37)/t17-,20+,21+,22-/m0/s1. The van der Waals surface area contributed by atoms with Gasteiger partial charge in [-0.1, -0.05) is 34.1 Å². The van der Waals surface area contributed by atoms with Gasteiger partial charge in [-0.05, 0) is 46.5 Å². The first-order valence-electron chi connectivity index (χ1n) is 14.0. The second kappa shape index (κ2) is 14.8. The zero-order valence-corrected chi connectivity index (χ0v) is 27.7. The van der Waals surface area contributed by atoms with Crippen molar-refractivity contribution in [2.45, 2.75) is 111 Å². The maximum Gasteiger partial charge on any atom is 0.410 e. The summed E-state index contributed by atoms with van der Waals surface area (Å²) < 4.78 is 10.9. The Morgan fingerprint density at radius 2 is 1.64 bits per heavy atom. The average Bonchev–Trinajstić information content (AvgIpc) is 3.37. The Morgan fingerprint density at radius 3 is 2.07 bits per heavy atom. The smallest absolute Gasteiger partial charge is 0.410 e. The van der Waals surface area contributed by atoms with Crippen molar-refractivity contribution in [3.05, 3.63) is 16.1 Å². The molecule has 4 atom stereocenters. The number of carbonyl (C=O) groups is 5. The SMILES string of the molecule is CC[C@H](C)[C@H](NC(=O)C(C)(C)N(C)C(=O)OC(C)(C)C)C(=O)N(C)[C@H](C[C@@H](OC(C)=O)c1nc(C(=O)O)cs1)C(C)C. The Labute approximate surface area is 253 Å². The fraction of sp³-hybridized carbons (Fsp3) is 0.724. The molecule has 0 aliphatic heterocycles. The molecule has 12 nitrogen and oxygen atoms in total. The number of amides is 3. The van der Waals surface area contributed by atoms with E-state index in [1.54, 1.807) is 41.7 Å². The van der Waals surface area contributed by atoms with Crippen LogP contribution < -0.4 is 5.32 Å². The fourth-order valence-corrected chi connectivity index (χ4v) is 4.96. The van der Waals surface area contributed by atoms with Crippen LogP contribution in [0.5, 0.6) is 0 Å². The van der Waals surface area contributed by atoms with Gasteiger partial charge in [0.25, 0.3) is 0 Å². The molecule has 238 valence electrons. The van der Waals surface area contributed by atoms with Crippen LogP contribution >= 0.6 is 11.3 Å². The molecule has 0 spiro atoms. The van der Waals surface area contributed by atoms with Crippen LogP contribution in [0.25, 0.3) is 0 Å². The maximum absolute atomic E-state index is 14.0. The first-order valence-corrected chi connectivity index (χ1v) is 14.9. The summed E-state index contributed by atoms with van der Waals surface area (Å²) in [5, 5.41) is 13.9. The highest BCUT2D eigenvalue weighted by atomic mass is 32.1. The molecule has 1 aromatic rings. The minimum Gasteiger partial charge on any atom is -0.476 e. The molecule has 0 fully saturated rings. The van der Waals surface area contributed by atoms with Crippen molar-refractivity contribution in [3.63, 3.8) is 0 Å². The lowest BCUT2D eigenvalue weighted by Gasteiger charge is -2.39. The predicted molar refractivity (Wildman–Crippen MR) is 159 cm³/mol. The van der Waals surface area contributed by atoms with Gasteiger partial charge >= 0.3 is 18.0 Å². The minimum atomic E-state index is -1.34. The van der Waals surface area contributed by atoms with Gasteiger partial charge < -0.3 is 24.8 Å². The van der Waals surface area contributed by atoms with Crippen LogP contribution in [0.4, 0.5) is 4.79 Å². The molecule has 1 heterocycles. The first kappa shape index (κ1) is 36.8. The lowest BCUT2D eigenvalue weighted by Crippen LogP contribution is -2.61. The summed E-state index contributed by atoms with van der Waals surface area (Å²) in [6.07, 6.45) is -0.788. The molecule has 0 aliphatic rings. The highest BCUT2D eigenvalue weighted by Gasteiger charge is 2.41. The normalized spacial score (nSPS) is 14.8. The number of aromatic carboxylic acids is 1. The molecule has 3 amide bonds. The van der Waals surface area contributed by atoms with Gasteiger partial charge in [-0.25, -0.2) is 14.6 Å². The van der Waals surface area contributed by atoms with E-state index in [4.69, 9.17) is 9.47 Å². The zero-order valence-electron chi connectivity index (χ0n) is 26.9. The summed E-state index contributed by atoms with van der Waals surface area (Å²) in [7, 11) is 3.10. The Balaban J connectivity index is 3.30. The monoisotopic (exact) mass is 612 g/mol. The average molecular weight is 613 g/mol. The highest BCUT2D eigenvalue weighted by Crippen LogP contribution is 2.31. The van der Waals surface area contributed by atoms with Crippen LogP contribution in [0, 0.1) is 11.8 Å². The number of likely N-dealkylation sites (N-methyl/N-ethyl adjacent to an activating group) is 2. The molecule has 0 bridgehead atoms. The number of esters is 1. The number of hydrogen-bond donors (Lipinski definition) is 2. The van der Waals surface area contributed by atoms with Crippen molar-refractivity contribution in [2.75, 3.05) is 14.1 Å². The lowest BCUT2D eigenvalue weighted by atomic mass is 9.92. The zero-order chi connectivity index (χ0) is 32.7. The Hall–Kier alpha value is -3.22. The third-order valence-corrected chi connectivity index (χ3v) is 8.16. The summed E-state index contributed by atoms with van der Waals surface area (Å²) in [6, 6.07) is -1.37. The van der Waals surface area contributed by atoms with Gasteiger partial charge in [-0.2, -0.15) is 0 Å². The number of thiazole rings is 1. The molecule has 2 N–H and O–H groups in total. The molecule has 0 saturated carbocycles. The predicted octanol–water partition coefficient (Wildman–Crippen LogP) is 4.50. The molecule has 0 radical (unpaired) electrons. The fourth-order valence-electron chi connectivity index (χ4n) is 4.12. The van der Waals surface area contributed by atoms with E-state index in [0.717, 1.165) is 11.3 Å². The van der Waals surface area contributed by atoms with Crippen molar-refractivity contribution in [3.8, 4) is 0 Å². The molecule has 0 aromatic carbocycles. The summed E-state index contributed by atoms with van der Waals surface area (Å²) >= 11 is 1.06. The summed E-state index contributed by atoms with van der Waals surface area (Å²) in [6.45, 7) is 17.2. The van der Waals surface area contributed by atoms with Crippen molar-refractivity contribution in [1.29, 1.82) is 0 Å². The van der Waals surface area contributed by atoms with Crippen molar-refractivity contribution < 1.29 is 38.6 Å². The third-order valence-electron chi connectivity index (χ3n) is 7.22. The number of nitrogens with zero attached hydrogens (tertiary/aromatic N) is 3. The Bertz CT molecular complexity index is 1130. The van der Waals surface area contributed by atoms with Crippen LogP contribution in [0.1, 0.15) is 104 Å². The maximum atomic E-state index is 14.0. The van der Waals surface area contributed by atoms with Crippen LogP contribution in [0.3, 0.4) is 0 Å². The summed E-state index contributed by atoms with van der Waals surface area (Å²) in [5.74, 6) is -2.98. The summed E-state index contributed by atoms with van der Waals surface area (Å²) in [5.41, 5.74) is -2.24. The van der Waals surface area contributed by atoms with Gasteiger partial charge in [0.05, 0.1) is 0 Å². The number of nitrogens with one attached hydrogen (secondary N) is 1. The molecular formula is C29H48N4O8S. The second-order valence-corrected chi connectivity index (χ2v) is 13.3. The highest BCUT2D eigenvalue weighted by molar-refractivity contribution is 7.09. The van der Waals surface area contributed by atoms with E-state index < -0.39 is 53.3 Å². The number of carbonyl (C=O) groups excluding carboxylic acids is 4. The topological polar surface area (TPSA) is 155 Å². The van der Waals surface area contributed by atoms with Crippen LogP contribution in [0.2, 0.25) is 0 Å². The van der Waals surface area contributed by atoms with E-state index >= 15 is 0 Å².